The van der Waals surface area contributed by atoms with Gasteiger partial charge in [0.15, 0.2) is 0 Å². The van der Waals surface area contributed by atoms with Gasteiger partial charge >= 0.3 is 0 Å². The second-order valence-corrected chi connectivity index (χ2v) is 10.8. The summed E-state index contributed by atoms with van der Waals surface area (Å²) in [5.41, 5.74) is 2.24. The number of hydrogen-bond acceptors (Lipinski definition) is 0. The van der Waals surface area contributed by atoms with E-state index in [2.05, 4.69) is 98.2 Å². The van der Waals surface area contributed by atoms with Crippen LogP contribution in [0.5, 0.6) is 0 Å². The van der Waals surface area contributed by atoms with Gasteiger partial charge in [0.25, 0.3) is 0 Å². The molecule has 38 heavy (non-hydrogen) atoms. The van der Waals surface area contributed by atoms with Crippen molar-refractivity contribution in [2.75, 3.05) is 0 Å². The van der Waals surface area contributed by atoms with E-state index in [-0.39, 0.29) is 0 Å². The Morgan fingerprint density at radius 1 is 0.395 bits per heavy atom. The molecular weight excluding hydrogens is 456 g/mol. The van der Waals surface area contributed by atoms with Crippen molar-refractivity contribution in [1.82, 2.24) is 0 Å². The first-order valence-electron chi connectivity index (χ1n) is 15.2. The van der Waals surface area contributed by atoms with Crippen molar-refractivity contribution in [3.63, 3.8) is 0 Å². The molecule has 0 spiro atoms. The third-order valence-corrected chi connectivity index (χ3v) is 7.53. The van der Waals surface area contributed by atoms with Crippen molar-refractivity contribution in [3.05, 3.63) is 71.8 Å². The van der Waals surface area contributed by atoms with E-state index in [1.165, 1.54) is 109 Å². The highest BCUT2D eigenvalue weighted by Crippen LogP contribution is 2.28. The minimum Gasteiger partial charge on any atom is -0.0979 e. The summed E-state index contributed by atoms with van der Waals surface area (Å²) in [4.78, 5) is 0. The van der Waals surface area contributed by atoms with E-state index >= 15 is 0 Å². The van der Waals surface area contributed by atoms with Gasteiger partial charge in [0, 0.05) is 24.0 Å². The molecule has 0 aliphatic carbocycles. The molecule has 4 rings (SSSR count). The highest BCUT2D eigenvalue weighted by molar-refractivity contribution is 6.05. The molecule has 0 saturated carbocycles. The van der Waals surface area contributed by atoms with Crippen LogP contribution in [0.3, 0.4) is 0 Å². The molecule has 0 fully saturated rings. The first-order chi connectivity index (χ1) is 18.8. The molecule has 4 aromatic rings. The van der Waals surface area contributed by atoms with Crippen LogP contribution in [0.4, 0.5) is 0 Å². The predicted molar refractivity (Wildman–Crippen MR) is 169 cm³/mol. The lowest BCUT2D eigenvalue weighted by molar-refractivity contribution is 0.614. The third-order valence-electron chi connectivity index (χ3n) is 7.53. The molecule has 196 valence electrons. The summed E-state index contributed by atoms with van der Waals surface area (Å²) in [5, 5.41) is 7.63. The molecule has 0 aliphatic heterocycles. The van der Waals surface area contributed by atoms with Crippen LogP contribution in [0.2, 0.25) is 0 Å². The lowest BCUT2D eigenvalue weighted by Gasteiger charge is -2.06. The Balaban J connectivity index is 1.41. The van der Waals surface area contributed by atoms with Gasteiger partial charge in [-0.15, -0.1) is 0 Å². The smallest absolute Gasteiger partial charge is 0.0251 e. The Morgan fingerprint density at radius 3 is 1.21 bits per heavy atom. The summed E-state index contributed by atoms with van der Waals surface area (Å²) in [5.74, 6) is 13.6. The Labute approximate surface area is 231 Å². The monoisotopic (exact) mass is 500 g/mol. The molecule has 0 amide bonds. The maximum atomic E-state index is 3.40. The Hall–Kier alpha value is -3.22. The third kappa shape index (κ3) is 8.40. The number of rotatable bonds is 12. The molecule has 0 N–H and O–H groups in total. The van der Waals surface area contributed by atoms with Crippen LogP contribution in [0.15, 0.2) is 60.7 Å². The summed E-state index contributed by atoms with van der Waals surface area (Å²) in [6.45, 7) is 4.54. The highest BCUT2D eigenvalue weighted by Gasteiger charge is 2.03. The predicted octanol–water partition coefficient (Wildman–Crippen LogP) is 11.4. The Morgan fingerprint density at radius 2 is 0.763 bits per heavy atom. The fourth-order valence-corrected chi connectivity index (χ4v) is 5.22. The van der Waals surface area contributed by atoms with Crippen LogP contribution in [-0.2, 0) is 0 Å². The molecule has 0 bridgehead atoms. The summed E-state index contributed by atoms with van der Waals surface area (Å²) in [7, 11) is 0. The van der Waals surface area contributed by atoms with Gasteiger partial charge in [0.05, 0.1) is 0 Å². The van der Waals surface area contributed by atoms with E-state index in [0.29, 0.717) is 0 Å². The van der Waals surface area contributed by atoms with Crippen molar-refractivity contribution >= 4 is 32.3 Å². The summed E-state index contributed by atoms with van der Waals surface area (Å²) in [6.07, 6.45) is 17.8. The van der Waals surface area contributed by atoms with Crippen molar-refractivity contribution in [2.45, 2.75) is 104 Å². The van der Waals surface area contributed by atoms with Crippen molar-refractivity contribution in [2.24, 2.45) is 0 Å². The fraction of sp³-hybridized carbons (Fsp3) is 0.421. The SMILES string of the molecule is CCCCCCCCC#Cc1ccc2cc3cc4cc(C#CCCCCCCCC)ccc4cc3cc2c1. The molecule has 0 aromatic heterocycles. The minimum atomic E-state index is 0.999. The molecule has 0 aliphatic rings. The second-order valence-electron chi connectivity index (χ2n) is 10.8. The van der Waals surface area contributed by atoms with Gasteiger partial charge in [0.2, 0.25) is 0 Å². The first-order valence-corrected chi connectivity index (χ1v) is 15.2. The van der Waals surface area contributed by atoms with Crippen LogP contribution in [-0.4, -0.2) is 0 Å². The zero-order valence-electron chi connectivity index (χ0n) is 23.7. The number of fused-ring (bicyclic) bond motifs is 3. The molecule has 4 aromatic carbocycles. The topological polar surface area (TPSA) is 0 Å². The number of hydrogen-bond donors (Lipinski definition) is 0. The van der Waals surface area contributed by atoms with Crippen molar-refractivity contribution < 1.29 is 0 Å². The van der Waals surface area contributed by atoms with E-state index in [1.807, 2.05) is 0 Å². The molecule has 0 saturated heterocycles. The molecule has 0 heterocycles. The van der Waals surface area contributed by atoms with E-state index in [1.54, 1.807) is 0 Å². The zero-order chi connectivity index (χ0) is 26.4. The largest absolute Gasteiger partial charge is 0.0979 e. The van der Waals surface area contributed by atoms with Crippen LogP contribution in [0, 0.1) is 23.7 Å². The van der Waals surface area contributed by atoms with Gasteiger partial charge in [-0.1, -0.05) is 114 Å². The Kier molecular flexibility index (Phi) is 11.2. The fourth-order valence-electron chi connectivity index (χ4n) is 5.22. The van der Waals surface area contributed by atoms with Crippen LogP contribution in [0.1, 0.15) is 115 Å². The average Bonchev–Trinajstić information content (AvgIpc) is 2.93. The summed E-state index contributed by atoms with van der Waals surface area (Å²) >= 11 is 0. The highest BCUT2D eigenvalue weighted by atomic mass is 14.1. The van der Waals surface area contributed by atoms with Crippen molar-refractivity contribution in [3.8, 4) is 23.7 Å². The van der Waals surface area contributed by atoms with Crippen LogP contribution >= 0.6 is 0 Å². The van der Waals surface area contributed by atoms with E-state index < -0.39 is 0 Å². The van der Waals surface area contributed by atoms with E-state index in [0.717, 1.165) is 24.0 Å². The quantitative estimate of drug-likeness (QED) is 0.103. The first kappa shape index (κ1) is 27.8. The molecule has 0 unspecified atom stereocenters. The minimum absolute atomic E-state index is 0.999. The van der Waals surface area contributed by atoms with Gasteiger partial charge in [-0.05, 0) is 93.7 Å². The lowest BCUT2D eigenvalue weighted by Crippen LogP contribution is -1.82. The standard InChI is InChI=1S/C38H44/c1-3-5-7-9-11-13-15-17-19-31-21-23-33-27-38-30-36-26-32(20-18-16-14-12-10-8-6-4-2)22-24-34(36)28-37(38)29-35(33)25-31/h21-30H,3-16H2,1-2H3. The van der Waals surface area contributed by atoms with Crippen LogP contribution in [0.25, 0.3) is 32.3 Å². The molecular formula is C38H44. The number of benzene rings is 4. The maximum Gasteiger partial charge on any atom is 0.0251 e. The second kappa shape index (κ2) is 15.3. The van der Waals surface area contributed by atoms with Gasteiger partial charge in [0.1, 0.15) is 0 Å². The number of unbranched alkanes of at least 4 members (excludes halogenated alkanes) is 12. The van der Waals surface area contributed by atoms with Crippen molar-refractivity contribution in [1.29, 1.82) is 0 Å². The van der Waals surface area contributed by atoms with E-state index in [9.17, 15) is 0 Å². The summed E-state index contributed by atoms with van der Waals surface area (Å²) < 4.78 is 0. The Bertz CT molecular complexity index is 1330. The van der Waals surface area contributed by atoms with E-state index in [4.69, 9.17) is 0 Å². The normalized spacial score (nSPS) is 10.9. The van der Waals surface area contributed by atoms with Gasteiger partial charge in [-0.2, -0.15) is 0 Å². The average molecular weight is 501 g/mol. The molecule has 0 atom stereocenters. The molecule has 0 radical (unpaired) electrons. The zero-order valence-corrected chi connectivity index (χ0v) is 23.7. The van der Waals surface area contributed by atoms with Gasteiger partial charge < -0.3 is 0 Å². The molecule has 0 nitrogen and oxygen atoms in total. The lowest BCUT2D eigenvalue weighted by atomic mass is 9.98. The van der Waals surface area contributed by atoms with Gasteiger partial charge in [-0.3, -0.25) is 0 Å². The maximum absolute atomic E-state index is 3.40. The van der Waals surface area contributed by atoms with Gasteiger partial charge in [-0.25, -0.2) is 0 Å². The molecule has 0 heteroatoms. The van der Waals surface area contributed by atoms with Crippen LogP contribution < -0.4 is 0 Å². The summed E-state index contributed by atoms with van der Waals surface area (Å²) in [6, 6.07) is 22.5.